The highest BCUT2D eigenvalue weighted by atomic mass is 35.5. The third kappa shape index (κ3) is 2.70. The van der Waals surface area contributed by atoms with Crippen LogP contribution in [0.25, 0.3) is 0 Å². The summed E-state index contributed by atoms with van der Waals surface area (Å²) in [7, 11) is 0.824. The lowest BCUT2D eigenvalue weighted by atomic mass is 10.3. The lowest BCUT2D eigenvalue weighted by Gasteiger charge is -2.24. The normalized spacial score (nSPS) is 12.8. The molecule has 0 unspecified atom stereocenters. The standard InChI is InChI=1S/C6H7ClF5NO/c1-13(3-2-7)4(14)5(8,9)6(10,11)12/h2-3H2,1H3. The molecular formula is C6H7ClF5NO. The Morgan fingerprint density at radius 3 is 2.00 bits per heavy atom. The Morgan fingerprint density at radius 1 is 1.29 bits per heavy atom. The number of carbonyl (C=O) groups excluding carboxylic acids is 1. The van der Waals surface area contributed by atoms with Gasteiger partial charge in [-0.3, -0.25) is 4.79 Å². The van der Waals surface area contributed by atoms with E-state index in [9.17, 15) is 26.7 Å². The minimum atomic E-state index is -5.87. The minimum Gasteiger partial charge on any atom is -0.339 e. The molecule has 0 aliphatic heterocycles. The van der Waals surface area contributed by atoms with Crippen molar-refractivity contribution in [1.29, 1.82) is 0 Å². The second kappa shape index (κ2) is 4.29. The lowest BCUT2D eigenvalue weighted by molar-refractivity contribution is -0.273. The number of halogens is 6. The summed E-state index contributed by atoms with van der Waals surface area (Å²) >= 11 is 5.08. The van der Waals surface area contributed by atoms with Crippen molar-refractivity contribution in [3.05, 3.63) is 0 Å². The molecule has 0 spiro atoms. The van der Waals surface area contributed by atoms with Gasteiger partial charge in [-0.25, -0.2) is 0 Å². The summed E-state index contributed by atoms with van der Waals surface area (Å²) in [5.41, 5.74) is 0. The minimum absolute atomic E-state index is 0.212. The number of amides is 1. The van der Waals surface area contributed by atoms with Gasteiger partial charge in [0.15, 0.2) is 0 Å². The Hall–Kier alpha value is -0.590. The Morgan fingerprint density at radius 2 is 1.71 bits per heavy atom. The molecule has 0 fully saturated rings. The second-order valence-electron chi connectivity index (χ2n) is 2.49. The molecule has 1 amide bonds. The average Bonchev–Trinajstić information content (AvgIpc) is 2.01. The molecule has 0 heterocycles. The lowest BCUT2D eigenvalue weighted by Crippen LogP contribution is -2.51. The summed E-state index contributed by atoms with van der Waals surface area (Å²) in [6.45, 7) is -0.369. The van der Waals surface area contributed by atoms with Crippen LogP contribution >= 0.6 is 11.6 Å². The fourth-order valence-corrected chi connectivity index (χ4v) is 0.843. The zero-order valence-corrected chi connectivity index (χ0v) is 7.79. The molecule has 0 saturated heterocycles. The van der Waals surface area contributed by atoms with Crippen molar-refractivity contribution in [2.24, 2.45) is 0 Å². The molecule has 0 rings (SSSR count). The largest absolute Gasteiger partial charge is 0.463 e. The van der Waals surface area contributed by atoms with Gasteiger partial charge in [0.05, 0.1) is 0 Å². The SMILES string of the molecule is CN(CCCl)C(=O)C(F)(F)C(F)(F)F. The molecule has 0 atom stereocenters. The molecule has 0 saturated carbocycles. The molecule has 0 bridgehead atoms. The first-order valence-electron chi connectivity index (χ1n) is 3.40. The highest BCUT2D eigenvalue weighted by molar-refractivity contribution is 6.18. The van der Waals surface area contributed by atoms with Crippen molar-refractivity contribution in [1.82, 2.24) is 4.90 Å². The van der Waals surface area contributed by atoms with E-state index in [4.69, 9.17) is 11.6 Å². The molecule has 0 aromatic rings. The zero-order valence-electron chi connectivity index (χ0n) is 7.04. The van der Waals surface area contributed by atoms with E-state index in [1.807, 2.05) is 0 Å². The van der Waals surface area contributed by atoms with E-state index < -0.39 is 18.0 Å². The quantitative estimate of drug-likeness (QED) is 0.544. The van der Waals surface area contributed by atoms with Crippen LogP contribution in [0.2, 0.25) is 0 Å². The summed E-state index contributed by atoms with van der Waals surface area (Å²) in [5.74, 6) is -7.87. The molecule has 0 aromatic carbocycles. The highest BCUT2D eigenvalue weighted by Gasteiger charge is 2.64. The van der Waals surface area contributed by atoms with Crippen molar-refractivity contribution < 1.29 is 26.7 Å². The van der Waals surface area contributed by atoms with Gasteiger partial charge in [0.25, 0.3) is 0 Å². The van der Waals surface area contributed by atoms with Crippen LogP contribution in [0, 0.1) is 0 Å². The number of hydrogen-bond acceptors (Lipinski definition) is 1. The van der Waals surface area contributed by atoms with Crippen LogP contribution in [-0.2, 0) is 4.79 Å². The molecule has 8 heteroatoms. The summed E-state index contributed by atoms with van der Waals surface area (Å²) in [5, 5.41) is 0. The highest BCUT2D eigenvalue weighted by Crippen LogP contribution is 2.36. The third-order valence-corrected chi connectivity index (χ3v) is 1.56. The van der Waals surface area contributed by atoms with Gasteiger partial charge in [0.2, 0.25) is 0 Å². The van der Waals surface area contributed by atoms with Gasteiger partial charge in [0, 0.05) is 19.5 Å². The molecule has 0 aromatic heterocycles. The molecule has 2 nitrogen and oxygen atoms in total. The van der Waals surface area contributed by atoms with Crippen molar-refractivity contribution in [3.8, 4) is 0 Å². The van der Waals surface area contributed by atoms with Crippen molar-refractivity contribution >= 4 is 17.5 Å². The number of nitrogens with zero attached hydrogens (tertiary/aromatic N) is 1. The predicted molar refractivity (Wildman–Crippen MR) is 39.4 cm³/mol. The van der Waals surface area contributed by atoms with Crippen LogP contribution in [0.1, 0.15) is 0 Å². The van der Waals surface area contributed by atoms with Gasteiger partial charge in [-0.2, -0.15) is 22.0 Å². The van der Waals surface area contributed by atoms with Crippen LogP contribution in [0.5, 0.6) is 0 Å². The third-order valence-electron chi connectivity index (χ3n) is 1.39. The van der Waals surface area contributed by atoms with Crippen molar-refractivity contribution in [2.45, 2.75) is 12.1 Å². The van der Waals surface area contributed by atoms with Gasteiger partial charge < -0.3 is 4.90 Å². The van der Waals surface area contributed by atoms with E-state index in [2.05, 4.69) is 0 Å². The van der Waals surface area contributed by atoms with E-state index >= 15 is 0 Å². The average molecular weight is 240 g/mol. The Bertz CT molecular complexity index is 217. The van der Waals surface area contributed by atoms with Crippen LogP contribution in [0.15, 0.2) is 0 Å². The summed E-state index contributed by atoms with van der Waals surface area (Å²) in [4.78, 5) is 10.8. The second-order valence-corrected chi connectivity index (χ2v) is 2.87. The monoisotopic (exact) mass is 239 g/mol. The number of rotatable bonds is 3. The fraction of sp³-hybridized carbons (Fsp3) is 0.833. The van der Waals surface area contributed by atoms with Crippen molar-refractivity contribution in [2.75, 3.05) is 19.5 Å². The molecule has 0 aliphatic carbocycles. The van der Waals surface area contributed by atoms with Gasteiger partial charge >= 0.3 is 18.0 Å². The van der Waals surface area contributed by atoms with Crippen LogP contribution in [-0.4, -0.2) is 42.4 Å². The van der Waals surface area contributed by atoms with E-state index in [-0.39, 0.29) is 17.3 Å². The molecule has 14 heavy (non-hydrogen) atoms. The number of carbonyl (C=O) groups is 1. The van der Waals surface area contributed by atoms with Crippen molar-refractivity contribution in [3.63, 3.8) is 0 Å². The Labute approximate surface area is 81.6 Å². The summed E-state index contributed by atoms with van der Waals surface area (Å²) in [6, 6.07) is 0. The van der Waals surface area contributed by atoms with E-state index in [1.54, 1.807) is 0 Å². The first kappa shape index (κ1) is 13.4. The van der Waals surface area contributed by atoms with Gasteiger partial charge in [0.1, 0.15) is 0 Å². The van der Waals surface area contributed by atoms with E-state index in [1.165, 1.54) is 0 Å². The Kier molecular flexibility index (Phi) is 4.11. The summed E-state index contributed by atoms with van der Waals surface area (Å²) < 4.78 is 59.6. The predicted octanol–water partition coefficient (Wildman–Crippen LogP) is 1.88. The molecule has 0 N–H and O–H groups in total. The molecular weight excluding hydrogens is 233 g/mol. The maximum absolute atomic E-state index is 12.3. The number of alkyl halides is 6. The van der Waals surface area contributed by atoms with Gasteiger partial charge in [-0.1, -0.05) is 0 Å². The number of hydrogen-bond donors (Lipinski definition) is 0. The molecule has 84 valence electrons. The van der Waals surface area contributed by atoms with Crippen LogP contribution in [0.3, 0.4) is 0 Å². The molecule has 0 radical (unpaired) electrons. The fourth-order valence-electron chi connectivity index (χ4n) is 0.589. The first-order chi connectivity index (χ1) is 6.14. The first-order valence-corrected chi connectivity index (χ1v) is 3.94. The molecule has 0 aliphatic rings. The zero-order chi connectivity index (χ0) is 11.6. The topological polar surface area (TPSA) is 20.3 Å². The summed E-state index contributed by atoms with van der Waals surface area (Å²) in [6.07, 6.45) is -5.87. The van der Waals surface area contributed by atoms with E-state index in [0.29, 0.717) is 0 Å². The smallest absolute Gasteiger partial charge is 0.339 e. The van der Waals surface area contributed by atoms with Gasteiger partial charge in [-0.05, 0) is 0 Å². The van der Waals surface area contributed by atoms with Crippen LogP contribution < -0.4 is 0 Å². The maximum Gasteiger partial charge on any atom is 0.463 e. The van der Waals surface area contributed by atoms with Crippen LogP contribution in [0.4, 0.5) is 22.0 Å². The van der Waals surface area contributed by atoms with Gasteiger partial charge in [-0.15, -0.1) is 11.6 Å². The maximum atomic E-state index is 12.3. The Balaban J connectivity index is 4.67. The van der Waals surface area contributed by atoms with E-state index in [0.717, 1.165) is 7.05 Å².